The summed E-state index contributed by atoms with van der Waals surface area (Å²) in [5.41, 5.74) is 1.52. The van der Waals surface area contributed by atoms with Crippen LogP contribution in [0.5, 0.6) is 0 Å². The lowest BCUT2D eigenvalue weighted by Gasteiger charge is -2.13. The van der Waals surface area contributed by atoms with Gasteiger partial charge >= 0.3 is 12.1 Å². The highest BCUT2D eigenvalue weighted by molar-refractivity contribution is 6.08. The summed E-state index contributed by atoms with van der Waals surface area (Å²) in [4.78, 5) is 27.3. The van der Waals surface area contributed by atoms with Crippen molar-refractivity contribution in [1.29, 1.82) is 0 Å². The van der Waals surface area contributed by atoms with Gasteiger partial charge in [0, 0.05) is 37.0 Å². The molecular weight excluding hydrogens is 280 g/mol. The molecule has 2 heterocycles. The molecule has 112 valence electrons. The lowest BCUT2D eigenvalue weighted by molar-refractivity contribution is 0.241. The number of fused-ring (bicyclic) bond motifs is 1. The summed E-state index contributed by atoms with van der Waals surface area (Å²) in [6.07, 6.45) is 0. The Morgan fingerprint density at radius 2 is 1.14 bits per heavy atom. The fraction of sp³-hybridized carbons (Fsp3) is 0.250. The van der Waals surface area contributed by atoms with E-state index in [1.54, 1.807) is 9.80 Å². The maximum Gasteiger partial charge on any atom is 0.321 e. The lowest BCUT2D eigenvalue weighted by atomic mass is 10.1. The first-order valence-electron chi connectivity index (χ1n) is 7.36. The highest BCUT2D eigenvalue weighted by Gasteiger charge is 2.25. The van der Waals surface area contributed by atoms with E-state index in [1.165, 1.54) is 0 Å². The number of carbonyl (C=O) groups is 2. The van der Waals surface area contributed by atoms with Gasteiger partial charge in [0.05, 0.1) is 11.4 Å². The van der Waals surface area contributed by atoms with Crippen LogP contribution in [0.1, 0.15) is 0 Å². The largest absolute Gasteiger partial charge is 0.321 e. The number of hydrogen-bond donors (Lipinski definition) is 2. The minimum Gasteiger partial charge on any atom is -0.321 e. The third-order valence-electron chi connectivity index (χ3n) is 3.87. The first-order valence-corrected chi connectivity index (χ1v) is 7.36. The number of nitrogens with one attached hydrogen (secondary N) is 2. The van der Waals surface area contributed by atoms with Crippen molar-refractivity contribution in [3.63, 3.8) is 0 Å². The molecule has 2 aromatic rings. The van der Waals surface area contributed by atoms with Crippen LogP contribution >= 0.6 is 0 Å². The number of rotatable bonds is 2. The van der Waals surface area contributed by atoms with Crippen molar-refractivity contribution in [2.24, 2.45) is 0 Å². The summed E-state index contributed by atoms with van der Waals surface area (Å²) < 4.78 is 0. The van der Waals surface area contributed by atoms with Crippen LogP contribution in [-0.4, -0.2) is 48.0 Å². The van der Waals surface area contributed by atoms with E-state index < -0.39 is 0 Å². The molecule has 4 rings (SSSR count). The Labute approximate surface area is 127 Å². The Balaban J connectivity index is 1.67. The number of hydrogen-bond acceptors (Lipinski definition) is 2. The minimum absolute atomic E-state index is 0.0777. The Kier molecular flexibility index (Phi) is 2.89. The Hall–Kier alpha value is -2.76. The van der Waals surface area contributed by atoms with Gasteiger partial charge in [0.25, 0.3) is 0 Å². The number of amides is 4. The molecule has 4 amide bonds. The normalized spacial score (nSPS) is 15.6. The number of benzene rings is 2. The number of carbonyl (C=O) groups excluding carboxylic acids is 2. The summed E-state index contributed by atoms with van der Waals surface area (Å²) >= 11 is 0. The van der Waals surface area contributed by atoms with Crippen molar-refractivity contribution < 1.29 is 9.59 Å². The third kappa shape index (κ3) is 2.43. The third-order valence-corrected chi connectivity index (χ3v) is 3.87. The van der Waals surface area contributed by atoms with Gasteiger partial charge in [-0.3, -0.25) is 0 Å². The van der Waals surface area contributed by atoms with E-state index in [0.29, 0.717) is 0 Å². The minimum atomic E-state index is -0.0777. The van der Waals surface area contributed by atoms with Crippen molar-refractivity contribution >= 4 is 34.2 Å². The van der Waals surface area contributed by atoms with Crippen LogP contribution in [0.3, 0.4) is 0 Å². The molecule has 6 heteroatoms. The average Bonchev–Trinajstić information content (AvgIpc) is 3.41. The molecule has 0 spiro atoms. The summed E-state index contributed by atoms with van der Waals surface area (Å²) in [5.74, 6) is 0. The molecule has 2 saturated heterocycles. The highest BCUT2D eigenvalue weighted by atomic mass is 16.2. The highest BCUT2D eigenvalue weighted by Crippen LogP contribution is 2.30. The van der Waals surface area contributed by atoms with E-state index in [2.05, 4.69) is 10.6 Å². The van der Waals surface area contributed by atoms with Crippen LogP contribution in [0.2, 0.25) is 0 Å². The smallest absolute Gasteiger partial charge is 0.321 e. The fourth-order valence-corrected chi connectivity index (χ4v) is 2.42. The predicted octanol–water partition coefficient (Wildman–Crippen LogP) is 2.53. The second-order valence-electron chi connectivity index (χ2n) is 5.54. The summed E-state index contributed by atoms with van der Waals surface area (Å²) in [7, 11) is 0. The molecule has 0 aliphatic carbocycles. The molecule has 2 aliphatic rings. The summed E-state index contributed by atoms with van der Waals surface area (Å²) in [6, 6.07) is 11.2. The molecule has 0 atom stereocenters. The zero-order valence-electron chi connectivity index (χ0n) is 12.0. The first kappa shape index (κ1) is 12.9. The molecule has 22 heavy (non-hydrogen) atoms. The molecule has 0 bridgehead atoms. The summed E-state index contributed by atoms with van der Waals surface area (Å²) in [5, 5.41) is 7.69. The van der Waals surface area contributed by atoms with Crippen LogP contribution in [0, 0.1) is 0 Å². The van der Waals surface area contributed by atoms with Gasteiger partial charge < -0.3 is 20.4 Å². The summed E-state index contributed by atoms with van der Waals surface area (Å²) in [6.45, 7) is 3.25. The number of anilines is 2. The van der Waals surface area contributed by atoms with Crippen LogP contribution in [-0.2, 0) is 0 Å². The van der Waals surface area contributed by atoms with Crippen molar-refractivity contribution in [2.45, 2.75) is 0 Å². The second kappa shape index (κ2) is 4.91. The molecule has 2 aromatic carbocycles. The van der Waals surface area contributed by atoms with Crippen molar-refractivity contribution in [3.8, 4) is 0 Å². The van der Waals surface area contributed by atoms with Crippen LogP contribution in [0.25, 0.3) is 10.8 Å². The van der Waals surface area contributed by atoms with E-state index in [9.17, 15) is 9.59 Å². The van der Waals surface area contributed by atoms with E-state index >= 15 is 0 Å². The maximum absolute atomic E-state index is 11.9. The number of urea groups is 2. The van der Waals surface area contributed by atoms with Crippen LogP contribution in [0.4, 0.5) is 21.0 Å². The zero-order valence-corrected chi connectivity index (χ0v) is 12.0. The molecule has 0 radical (unpaired) electrons. The van der Waals surface area contributed by atoms with Gasteiger partial charge in [-0.05, 0) is 12.1 Å². The molecule has 0 saturated carbocycles. The van der Waals surface area contributed by atoms with E-state index in [4.69, 9.17) is 0 Å². The van der Waals surface area contributed by atoms with E-state index in [0.717, 1.165) is 48.3 Å². The Bertz CT molecular complexity index is 701. The molecule has 0 aromatic heterocycles. The fourth-order valence-electron chi connectivity index (χ4n) is 2.42. The van der Waals surface area contributed by atoms with Gasteiger partial charge in [-0.1, -0.05) is 24.3 Å². The Morgan fingerprint density at radius 3 is 1.50 bits per heavy atom. The molecule has 2 N–H and O–H groups in total. The van der Waals surface area contributed by atoms with E-state index in [-0.39, 0.29) is 12.1 Å². The quantitative estimate of drug-likeness (QED) is 0.836. The molecule has 0 unspecified atom stereocenters. The first-order chi connectivity index (χ1) is 10.7. The van der Waals surface area contributed by atoms with Gasteiger partial charge in [-0.2, -0.15) is 0 Å². The topological polar surface area (TPSA) is 64.2 Å². The Morgan fingerprint density at radius 1 is 0.727 bits per heavy atom. The van der Waals surface area contributed by atoms with E-state index in [1.807, 2.05) is 36.4 Å². The van der Waals surface area contributed by atoms with Crippen molar-refractivity contribution in [2.75, 3.05) is 36.8 Å². The predicted molar refractivity (Wildman–Crippen MR) is 85.1 cm³/mol. The zero-order chi connectivity index (χ0) is 15.1. The van der Waals surface area contributed by atoms with Crippen molar-refractivity contribution in [3.05, 3.63) is 36.4 Å². The molecule has 6 nitrogen and oxygen atoms in total. The van der Waals surface area contributed by atoms with Crippen LogP contribution < -0.4 is 10.6 Å². The maximum atomic E-state index is 11.9. The van der Waals surface area contributed by atoms with Gasteiger partial charge in [-0.15, -0.1) is 0 Å². The van der Waals surface area contributed by atoms with Crippen molar-refractivity contribution in [1.82, 2.24) is 9.80 Å². The van der Waals surface area contributed by atoms with Gasteiger partial charge in [0.2, 0.25) is 0 Å². The lowest BCUT2D eigenvalue weighted by Crippen LogP contribution is -2.19. The molecule has 2 fully saturated rings. The second-order valence-corrected chi connectivity index (χ2v) is 5.54. The number of nitrogens with zero attached hydrogens (tertiary/aromatic N) is 2. The van der Waals surface area contributed by atoms with Gasteiger partial charge in [0.15, 0.2) is 0 Å². The monoisotopic (exact) mass is 296 g/mol. The average molecular weight is 296 g/mol. The van der Waals surface area contributed by atoms with Crippen LogP contribution in [0.15, 0.2) is 36.4 Å². The SMILES string of the molecule is O=C(Nc1cccc2c(NC(=O)N3CC3)cccc12)N1CC1. The standard InChI is InChI=1S/C16H16N4O2/c21-15(19-7-8-19)17-13-5-1-3-11-12(13)4-2-6-14(11)18-16(22)20-9-10-20/h1-6H,7-10H2,(H,17,21)(H,18,22). The van der Waals surface area contributed by atoms with Gasteiger partial charge in [0.1, 0.15) is 0 Å². The molecular formula is C16H16N4O2. The van der Waals surface area contributed by atoms with Gasteiger partial charge in [-0.25, -0.2) is 9.59 Å². The molecule has 2 aliphatic heterocycles.